The van der Waals surface area contributed by atoms with Crippen molar-refractivity contribution in [2.45, 2.75) is 45.4 Å². The van der Waals surface area contributed by atoms with Gasteiger partial charge in [0.15, 0.2) is 5.79 Å². The average Bonchev–Trinajstić information content (AvgIpc) is 2.55. The highest BCUT2D eigenvalue weighted by Crippen LogP contribution is 2.22. The van der Waals surface area contributed by atoms with Gasteiger partial charge in [0, 0.05) is 0 Å². The van der Waals surface area contributed by atoms with Crippen LogP contribution in [0.15, 0.2) is 12.2 Å². The van der Waals surface area contributed by atoms with Gasteiger partial charge >= 0.3 is 0 Å². The van der Waals surface area contributed by atoms with Crippen LogP contribution in [-0.2, 0) is 14.2 Å². The van der Waals surface area contributed by atoms with E-state index in [0.29, 0.717) is 19.8 Å². The molecule has 1 heterocycles. The van der Waals surface area contributed by atoms with E-state index >= 15 is 0 Å². The standard InChI is InChI=1S/C14H24O3Si/c1-14(2)16-12-13(17-14)8-6-9-15-10-7-11-18(3,4)5/h6,8,13H,9-10,12H2,1-5H3/t13-/m0/s1. The van der Waals surface area contributed by atoms with Crippen molar-refractivity contribution in [2.75, 3.05) is 19.8 Å². The predicted octanol–water partition coefficient (Wildman–Crippen LogP) is 2.59. The monoisotopic (exact) mass is 268 g/mol. The Labute approximate surface area is 112 Å². The summed E-state index contributed by atoms with van der Waals surface area (Å²) in [5, 5.41) is 0. The number of hydrogen-bond acceptors (Lipinski definition) is 3. The topological polar surface area (TPSA) is 27.7 Å². The number of rotatable bonds is 4. The second kappa shape index (κ2) is 6.53. The molecule has 0 radical (unpaired) electrons. The lowest BCUT2D eigenvalue weighted by molar-refractivity contribution is -0.133. The molecule has 0 N–H and O–H groups in total. The Kier molecular flexibility index (Phi) is 5.61. The Bertz CT molecular complexity index is 344. The van der Waals surface area contributed by atoms with Crippen LogP contribution in [0.25, 0.3) is 0 Å². The Morgan fingerprint density at radius 2 is 2.11 bits per heavy atom. The maximum atomic E-state index is 5.63. The fourth-order valence-corrected chi connectivity index (χ4v) is 2.10. The summed E-state index contributed by atoms with van der Waals surface area (Å²) in [4.78, 5) is 0. The molecule has 18 heavy (non-hydrogen) atoms. The summed E-state index contributed by atoms with van der Waals surface area (Å²) in [5.74, 6) is 2.61. The summed E-state index contributed by atoms with van der Waals surface area (Å²) >= 11 is 0. The summed E-state index contributed by atoms with van der Waals surface area (Å²) in [7, 11) is -1.26. The molecule has 1 aliphatic heterocycles. The van der Waals surface area contributed by atoms with E-state index in [9.17, 15) is 0 Å². The molecule has 0 aromatic heterocycles. The quantitative estimate of drug-likeness (QED) is 0.339. The Morgan fingerprint density at radius 1 is 1.39 bits per heavy atom. The summed E-state index contributed by atoms with van der Waals surface area (Å²) in [6.45, 7) is 12.2. The average molecular weight is 268 g/mol. The van der Waals surface area contributed by atoms with Crippen LogP contribution in [0.2, 0.25) is 19.6 Å². The Balaban J connectivity index is 2.13. The van der Waals surface area contributed by atoms with Crippen molar-refractivity contribution in [3.05, 3.63) is 12.2 Å². The van der Waals surface area contributed by atoms with E-state index in [1.54, 1.807) is 0 Å². The van der Waals surface area contributed by atoms with Crippen LogP contribution < -0.4 is 0 Å². The third kappa shape index (κ3) is 6.97. The molecule has 0 aliphatic carbocycles. The van der Waals surface area contributed by atoms with Crippen molar-refractivity contribution >= 4 is 8.07 Å². The fraction of sp³-hybridized carbons (Fsp3) is 0.714. The first-order valence-electron chi connectivity index (χ1n) is 6.35. The van der Waals surface area contributed by atoms with Crippen molar-refractivity contribution in [1.29, 1.82) is 0 Å². The van der Waals surface area contributed by atoms with Gasteiger partial charge in [-0.1, -0.05) is 37.7 Å². The molecule has 0 unspecified atom stereocenters. The van der Waals surface area contributed by atoms with Crippen molar-refractivity contribution in [2.24, 2.45) is 0 Å². The molecule has 4 heteroatoms. The molecule has 0 amide bonds. The van der Waals surface area contributed by atoms with Gasteiger partial charge in [0.1, 0.15) is 20.8 Å². The highest BCUT2D eigenvalue weighted by atomic mass is 28.3. The van der Waals surface area contributed by atoms with Gasteiger partial charge in [-0.25, -0.2) is 0 Å². The first kappa shape index (κ1) is 15.5. The molecule has 0 spiro atoms. The van der Waals surface area contributed by atoms with E-state index in [1.165, 1.54) is 0 Å². The van der Waals surface area contributed by atoms with E-state index in [2.05, 4.69) is 31.1 Å². The van der Waals surface area contributed by atoms with E-state index < -0.39 is 13.9 Å². The minimum absolute atomic E-state index is 0.0386. The first-order chi connectivity index (χ1) is 8.29. The minimum Gasteiger partial charge on any atom is -0.365 e. The molecule has 1 atom stereocenters. The highest BCUT2D eigenvalue weighted by Gasteiger charge is 2.30. The van der Waals surface area contributed by atoms with Gasteiger partial charge in [-0.05, 0) is 13.8 Å². The van der Waals surface area contributed by atoms with E-state index in [1.807, 2.05) is 26.0 Å². The third-order valence-electron chi connectivity index (χ3n) is 2.23. The molecule has 1 saturated heterocycles. The lowest BCUT2D eigenvalue weighted by Crippen LogP contribution is -2.20. The molecule has 3 nitrogen and oxygen atoms in total. The van der Waals surface area contributed by atoms with Crippen LogP contribution in [0, 0.1) is 11.5 Å². The second-order valence-electron chi connectivity index (χ2n) is 5.86. The largest absolute Gasteiger partial charge is 0.365 e. The normalized spacial score (nSPS) is 23.1. The zero-order valence-electron chi connectivity index (χ0n) is 12.1. The van der Waals surface area contributed by atoms with Gasteiger partial charge in [0.25, 0.3) is 0 Å². The first-order valence-corrected chi connectivity index (χ1v) is 9.85. The van der Waals surface area contributed by atoms with Crippen molar-refractivity contribution in [3.63, 3.8) is 0 Å². The molecule has 1 rings (SSSR count). The van der Waals surface area contributed by atoms with E-state index in [-0.39, 0.29) is 6.10 Å². The lowest BCUT2D eigenvalue weighted by atomic mass is 10.3. The van der Waals surface area contributed by atoms with Gasteiger partial charge in [-0.15, -0.1) is 5.54 Å². The van der Waals surface area contributed by atoms with Crippen LogP contribution >= 0.6 is 0 Å². The molecular weight excluding hydrogens is 244 g/mol. The van der Waals surface area contributed by atoms with Gasteiger partial charge in [-0.2, -0.15) is 0 Å². The van der Waals surface area contributed by atoms with Gasteiger partial charge in [0.05, 0.1) is 13.2 Å². The van der Waals surface area contributed by atoms with Crippen LogP contribution in [0.5, 0.6) is 0 Å². The smallest absolute Gasteiger partial charge is 0.163 e. The third-order valence-corrected chi connectivity index (χ3v) is 3.16. The van der Waals surface area contributed by atoms with Crippen molar-refractivity contribution < 1.29 is 14.2 Å². The van der Waals surface area contributed by atoms with Gasteiger partial charge < -0.3 is 14.2 Å². The molecule has 0 aromatic carbocycles. The second-order valence-corrected chi connectivity index (χ2v) is 10.6. The SMILES string of the molecule is CC1(C)OC[C@H](C=CCOCC#C[Si](C)(C)C)O1. The summed E-state index contributed by atoms with van der Waals surface area (Å²) < 4.78 is 16.5. The molecule has 102 valence electrons. The molecule has 0 bridgehead atoms. The van der Waals surface area contributed by atoms with E-state index in [0.717, 1.165) is 0 Å². The molecule has 0 aromatic rings. The van der Waals surface area contributed by atoms with Crippen LogP contribution in [0.3, 0.4) is 0 Å². The Morgan fingerprint density at radius 3 is 2.67 bits per heavy atom. The molecule has 0 saturated carbocycles. The highest BCUT2D eigenvalue weighted by molar-refractivity contribution is 6.83. The zero-order valence-corrected chi connectivity index (χ0v) is 13.1. The predicted molar refractivity (Wildman–Crippen MR) is 76.0 cm³/mol. The maximum Gasteiger partial charge on any atom is 0.163 e. The van der Waals surface area contributed by atoms with Gasteiger partial charge in [-0.3, -0.25) is 0 Å². The number of hydrogen-bond donors (Lipinski definition) is 0. The van der Waals surface area contributed by atoms with Gasteiger partial charge in [0.2, 0.25) is 0 Å². The number of ether oxygens (including phenoxy) is 3. The molecule has 1 aliphatic rings. The minimum atomic E-state index is -1.26. The summed E-state index contributed by atoms with van der Waals surface area (Å²) in [6, 6.07) is 0. The Hall–Kier alpha value is -0.603. The zero-order chi connectivity index (χ0) is 13.6. The fourth-order valence-electron chi connectivity index (χ4n) is 1.50. The molecular formula is C14H24O3Si. The van der Waals surface area contributed by atoms with E-state index in [4.69, 9.17) is 14.2 Å². The maximum absolute atomic E-state index is 5.63. The van der Waals surface area contributed by atoms with Crippen LogP contribution in [-0.4, -0.2) is 39.8 Å². The summed E-state index contributed by atoms with van der Waals surface area (Å²) in [6.07, 6.45) is 3.99. The van der Waals surface area contributed by atoms with Crippen LogP contribution in [0.1, 0.15) is 13.8 Å². The summed E-state index contributed by atoms with van der Waals surface area (Å²) in [5.41, 5.74) is 3.26. The molecule has 1 fully saturated rings. The van der Waals surface area contributed by atoms with Crippen LogP contribution in [0.4, 0.5) is 0 Å². The lowest BCUT2D eigenvalue weighted by Gasteiger charge is -2.15. The van der Waals surface area contributed by atoms with Crippen molar-refractivity contribution in [3.8, 4) is 11.5 Å². The van der Waals surface area contributed by atoms with Crippen molar-refractivity contribution in [1.82, 2.24) is 0 Å².